The zero-order valence-electron chi connectivity index (χ0n) is 11.4. The first kappa shape index (κ1) is 14.6. The predicted octanol–water partition coefficient (Wildman–Crippen LogP) is 5.25. The van der Waals surface area contributed by atoms with E-state index in [1.54, 1.807) is 0 Å². The number of hydrogen-bond donors (Lipinski definition) is 1. The summed E-state index contributed by atoms with van der Waals surface area (Å²) < 4.78 is 12.4. The molecule has 0 radical (unpaired) electrons. The molecule has 0 saturated carbocycles. The molecule has 4 heteroatoms. The van der Waals surface area contributed by atoms with Gasteiger partial charge in [-0.05, 0) is 43.1 Å². The van der Waals surface area contributed by atoms with Gasteiger partial charge < -0.3 is 5.09 Å². The Morgan fingerprint density at radius 3 is 1.88 bits per heavy atom. The van der Waals surface area contributed by atoms with Gasteiger partial charge in [0, 0.05) is 10.8 Å². The maximum Gasteiger partial charge on any atom is 0.260 e. The van der Waals surface area contributed by atoms with E-state index in [1.165, 1.54) is 5.56 Å². The zero-order valence-corrected chi connectivity index (χ0v) is 13.0. The number of aryl methyl sites for hydroxylation is 3. The molecule has 2 nitrogen and oxygen atoms in total. The van der Waals surface area contributed by atoms with Crippen LogP contribution in [0.3, 0.4) is 0 Å². The smallest absolute Gasteiger partial charge is 0.260 e. The van der Waals surface area contributed by atoms with Crippen LogP contribution in [-0.4, -0.2) is 5.16 Å². The van der Waals surface area contributed by atoms with Crippen LogP contribution >= 0.6 is 17.9 Å². The minimum atomic E-state index is -2.95. The zero-order chi connectivity index (χ0) is 13.4. The minimum Gasteiger partial charge on any atom is -0.324 e. The van der Waals surface area contributed by atoms with Gasteiger partial charge in [0.2, 0.25) is 0 Å². The van der Waals surface area contributed by atoms with E-state index < -0.39 is 11.8 Å². The number of anilines is 1. The minimum absolute atomic E-state index is 0.460. The van der Waals surface area contributed by atoms with Crippen molar-refractivity contribution in [3.8, 4) is 0 Å². The van der Waals surface area contributed by atoms with Crippen LogP contribution in [0.1, 0.15) is 37.5 Å². The molecule has 1 rings (SSSR count). The van der Waals surface area contributed by atoms with E-state index in [2.05, 4.69) is 17.2 Å². The standard InChI is InChI=1S/C13H21ClNOP/c1-9-7-10(2)12(11(3)8-9)15-17(14,16)13(4,5)6/h7-8H,1-6H3,(H,15,16). The number of halogens is 1. The van der Waals surface area contributed by atoms with Gasteiger partial charge in [0.25, 0.3) is 6.65 Å². The van der Waals surface area contributed by atoms with Crippen molar-refractivity contribution in [3.05, 3.63) is 28.8 Å². The third-order valence-corrected chi connectivity index (χ3v) is 6.81. The molecule has 0 fully saturated rings. The third kappa shape index (κ3) is 3.26. The van der Waals surface area contributed by atoms with Crippen molar-refractivity contribution in [2.45, 2.75) is 46.7 Å². The molecule has 0 aliphatic rings. The molecule has 0 heterocycles. The molecule has 1 aromatic carbocycles. The van der Waals surface area contributed by atoms with Gasteiger partial charge in [-0.3, -0.25) is 4.57 Å². The van der Waals surface area contributed by atoms with Gasteiger partial charge in [-0.1, -0.05) is 38.5 Å². The van der Waals surface area contributed by atoms with Crippen molar-refractivity contribution in [1.29, 1.82) is 0 Å². The van der Waals surface area contributed by atoms with E-state index in [9.17, 15) is 4.57 Å². The molecule has 0 bridgehead atoms. The fourth-order valence-corrected chi connectivity index (χ4v) is 2.90. The molecule has 0 amide bonds. The number of nitrogens with one attached hydrogen (secondary N) is 1. The maximum absolute atomic E-state index is 12.4. The first-order valence-corrected chi connectivity index (χ1v) is 8.32. The van der Waals surface area contributed by atoms with Crippen molar-refractivity contribution < 1.29 is 4.57 Å². The molecule has 1 atom stereocenters. The Morgan fingerprint density at radius 2 is 1.53 bits per heavy atom. The summed E-state index contributed by atoms with van der Waals surface area (Å²) in [5, 5.41) is 2.58. The molecule has 0 aliphatic heterocycles. The Hall–Kier alpha value is -0.460. The van der Waals surface area contributed by atoms with Crippen molar-refractivity contribution >= 4 is 23.6 Å². The maximum atomic E-state index is 12.4. The highest BCUT2D eigenvalue weighted by Gasteiger charge is 2.35. The second-order valence-electron chi connectivity index (χ2n) is 5.59. The van der Waals surface area contributed by atoms with E-state index in [4.69, 9.17) is 11.2 Å². The van der Waals surface area contributed by atoms with Gasteiger partial charge in [0.15, 0.2) is 0 Å². The third-order valence-electron chi connectivity index (χ3n) is 2.80. The summed E-state index contributed by atoms with van der Waals surface area (Å²) in [5.41, 5.74) is 4.25. The van der Waals surface area contributed by atoms with Crippen LogP contribution in [0.15, 0.2) is 12.1 Å². The molecular weight excluding hydrogens is 253 g/mol. The SMILES string of the molecule is Cc1cc(C)c(NP(=O)(Cl)C(C)(C)C)c(C)c1. The number of rotatable bonds is 2. The van der Waals surface area contributed by atoms with Crippen molar-refractivity contribution in [2.75, 3.05) is 5.09 Å². The van der Waals surface area contributed by atoms with Crippen molar-refractivity contribution in [3.63, 3.8) is 0 Å². The summed E-state index contributed by atoms with van der Waals surface area (Å²) in [7, 11) is 0. The molecule has 0 aliphatic carbocycles. The van der Waals surface area contributed by atoms with Crippen LogP contribution in [0.5, 0.6) is 0 Å². The Bertz CT molecular complexity index is 454. The quantitative estimate of drug-likeness (QED) is 0.745. The van der Waals surface area contributed by atoms with Gasteiger partial charge in [0.1, 0.15) is 0 Å². The molecule has 0 saturated heterocycles. The Kier molecular flexibility index (Phi) is 4.01. The lowest BCUT2D eigenvalue weighted by Gasteiger charge is -2.28. The van der Waals surface area contributed by atoms with E-state index in [1.807, 2.05) is 41.5 Å². The number of benzene rings is 1. The van der Waals surface area contributed by atoms with Gasteiger partial charge in [-0.15, -0.1) is 0 Å². The van der Waals surface area contributed by atoms with Crippen LogP contribution in [0.2, 0.25) is 0 Å². The monoisotopic (exact) mass is 273 g/mol. The lowest BCUT2D eigenvalue weighted by Crippen LogP contribution is -2.17. The van der Waals surface area contributed by atoms with E-state index in [0.29, 0.717) is 0 Å². The Balaban J connectivity index is 3.17. The van der Waals surface area contributed by atoms with Crippen LogP contribution < -0.4 is 5.09 Å². The largest absolute Gasteiger partial charge is 0.324 e. The first-order valence-electron chi connectivity index (χ1n) is 5.70. The highest BCUT2D eigenvalue weighted by Crippen LogP contribution is 2.61. The normalized spacial score (nSPS) is 15.5. The average Bonchev–Trinajstić information content (AvgIpc) is 2.09. The van der Waals surface area contributed by atoms with Gasteiger partial charge >= 0.3 is 0 Å². The Labute approximate surface area is 109 Å². The van der Waals surface area contributed by atoms with E-state index in [-0.39, 0.29) is 0 Å². The molecule has 1 N–H and O–H groups in total. The lowest BCUT2D eigenvalue weighted by molar-refractivity contribution is 0.564. The van der Waals surface area contributed by atoms with Crippen LogP contribution in [0.4, 0.5) is 5.69 Å². The van der Waals surface area contributed by atoms with Gasteiger partial charge in [-0.2, -0.15) is 0 Å². The van der Waals surface area contributed by atoms with Gasteiger partial charge in [0.05, 0.1) is 0 Å². The highest BCUT2D eigenvalue weighted by atomic mass is 35.7. The number of hydrogen-bond acceptors (Lipinski definition) is 1. The molecule has 0 aromatic heterocycles. The molecular formula is C13H21ClNOP. The fourth-order valence-electron chi connectivity index (χ4n) is 1.67. The summed E-state index contributed by atoms with van der Waals surface area (Å²) in [4.78, 5) is 0. The summed E-state index contributed by atoms with van der Waals surface area (Å²) >= 11 is 6.18. The fraction of sp³-hybridized carbons (Fsp3) is 0.538. The van der Waals surface area contributed by atoms with Crippen molar-refractivity contribution in [1.82, 2.24) is 0 Å². The summed E-state index contributed by atoms with van der Waals surface area (Å²) in [6.07, 6.45) is 0. The summed E-state index contributed by atoms with van der Waals surface area (Å²) in [6.45, 7) is 8.75. The predicted molar refractivity (Wildman–Crippen MR) is 77.5 cm³/mol. The summed E-state index contributed by atoms with van der Waals surface area (Å²) in [6, 6.07) is 4.13. The van der Waals surface area contributed by atoms with Crippen LogP contribution in [-0.2, 0) is 4.57 Å². The molecule has 1 aromatic rings. The van der Waals surface area contributed by atoms with Crippen LogP contribution in [0.25, 0.3) is 0 Å². The molecule has 0 spiro atoms. The second kappa shape index (κ2) is 4.66. The molecule has 1 unspecified atom stereocenters. The van der Waals surface area contributed by atoms with Gasteiger partial charge in [-0.25, -0.2) is 0 Å². The average molecular weight is 274 g/mol. The van der Waals surface area contributed by atoms with E-state index in [0.717, 1.165) is 16.8 Å². The van der Waals surface area contributed by atoms with Crippen molar-refractivity contribution in [2.24, 2.45) is 0 Å². The Morgan fingerprint density at radius 1 is 1.12 bits per heavy atom. The molecule has 96 valence electrons. The lowest BCUT2D eigenvalue weighted by atomic mass is 10.1. The molecule has 17 heavy (non-hydrogen) atoms. The topological polar surface area (TPSA) is 29.1 Å². The highest BCUT2D eigenvalue weighted by molar-refractivity contribution is 7.91. The van der Waals surface area contributed by atoms with Crippen LogP contribution in [0, 0.1) is 20.8 Å². The van der Waals surface area contributed by atoms with E-state index >= 15 is 0 Å². The second-order valence-corrected chi connectivity index (χ2v) is 9.65. The summed E-state index contributed by atoms with van der Waals surface area (Å²) in [5.74, 6) is 0. The first-order chi connectivity index (χ1) is 7.54.